The zero-order chi connectivity index (χ0) is 14.3. The average molecular weight is 274 g/mol. The van der Waals surface area contributed by atoms with E-state index in [1.54, 1.807) is 6.20 Å². The van der Waals surface area contributed by atoms with Crippen LogP contribution in [0.3, 0.4) is 0 Å². The Kier molecular flexibility index (Phi) is 3.04. The molecule has 0 saturated carbocycles. The second-order valence-corrected chi connectivity index (χ2v) is 5.22. The second-order valence-electron chi connectivity index (χ2n) is 5.22. The Labute approximate surface area is 116 Å². The van der Waals surface area contributed by atoms with Crippen LogP contribution in [0.1, 0.15) is 48.3 Å². The fourth-order valence-electron chi connectivity index (χ4n) is 2.28. The Morgan fingerprint density at radius 3 is 2.95 bits per heavy atom. The number of ether oxygens (including phenoxy) is 1. The molecule has 1 aromatic heterocycles. The molecule has 1 unspecified atom stereocenters. The second kappa shape index (κ2) is 4.74. The third-order valence-corrected chi connectivity index (χ3v) is 3.40. The molecule has 20 heavy (non-hydrogen) atoms. The largest absolute Gasteiger partial charge is 0.484 e. The number of Topliss-reactive ketones (excluding diaryl/α,β-unsaturated/α-hetero) is 1. The molecular weight excluding hydrogens is 259 g/mol. The smallest absolute Gasteiger partial charge is 0.170 e. The summed E-state index contributed by atoms with van der Waals surface area (Å²) >= 11 is 0. The minimum atomic E-state index is -0.424. The Balaban J connectivity index is 1.90. The summed E-state index contributed by atoms with van der Waals surface area (Å²) in [5.74, 6) is -0.0928. The Hall–Kier alpha value is -2.17. The van der Waals surface area contributed by atoms with Crippen molar-refractivity contribution in [2.45, 2.75) is 32.4 Å². The summed E-state index contributed by atoms with van der Waals surface area (Å²) in [6.07, 6.45) is 3.46. The predicted octanol–water partition coefficient (Wildman–Crippen LogP) is 3.31. The molecule has 0 fully saturated rings. The van der Waals surface area contributed by atoms with Crippen LogP contribution in [0, 0.1) is 5.82 Å². The molecular formula is C15H15FN2O2. The van der Waals surface area contributed by atoms with Gasteiger partial charge in [-0.3, -0.25) is 9.48 Å². The highest BCUT2D eigenvalue weighted by Crippen LogP contribution is 2.35. The minimum absolute atomic E-state index is 0.104. The van der Waals surface area contributed by atoms with Crippen molar-refractivity contribution in [2.75, 3.05) is 0 Å². The molecule has 1 aliphatic rings. The van der Waals surface area contributed by atoms with Crippen LogP contribution in [0.2, 0.25) is 0 Å². The fourth-order valence-corrected chi connectivity index (χ4v) is 2.28. The molecule has 0 bridgehead atoms. The number of benzene rings is 1. The van der Waals surface area contributed by atoms with Gasteiger partial charge in [0.1, 0.15) is 17.7 Å². The van der Waals surface area contributed by atoms with Crippen molar-refractivity contribution in [2.24, 2.45) is 0 Å². The number of carbonyl (C=O) groups excluding carboxylic acids is 1. The van der Waals surface area contributed by atoms with Gasteiger partial charge in [-0.1, -0.05) is 0 Å². The van der Waals surface area contributed by atoms with E-state index in [9.17, 15) is 9.18 Å². The molecule has 1 aliphatic heterocycles. The van der Waals surface area contributed by atoms with Gasteiger partial charge in [0.25, 0.3) is 0 Å². The first-order chi connectivity index (χ1) is 9.54. The summed E-state index contributed by atoms with van der Waals surface area (Å²) in [5.41, 5.74) is 1.18. The molecule has 2 aromatic rings. The first-order valence-electron chi connectivity index (χ1n) is 6.58. The number of aromatic nitrogens is 2. The van der Waals surface area contributed by atoms with Gasteiger partial charge >= 0.3 is 0 Å². The van der Waals surface area contributed by atoms with Crippen LogP contribution in [0.25, 0.3) is 0 Å². The van der Waals surface area contributed by atoms with E-state index < -0.39 is 5.82 Å². The Morgan fingerprint density at radius 1 is 1.45 bits per heavy atom. The van der Waals surface area contributed by atoms with Crippen LogP contribution in [-0.4, -0.2) is 15.6 Å². The van der Waals surface area contributed by atoms with Crippen LogP contribution < -0.4 is 4.74 Å². The standard InChI is InChI=1S/C15H15FN2O2/c1-9(2)18-8-10(7-17-18)15-6-13(19)12-5-11(16)3-4-14(12)20-15/h3-5,7-9,15H,6H2,1-2H3. The molecule has 0 N–H and O–H groups in total. The number of halogens is 1. The van der Waals surface area contributed by atoms with E-state index in [-0.39, 0.29) is 24.3 Å². The lowest BCUT2D eigenvalue weighted by Crippen LogP contribution is -2.20. The highest BCUT2D eigenvalue weighted by Gasteiger charge is 2.28. The van der Waals surface area contributed by atoms with Crippen molar-refractivity contribution in [1.29, 1.82) is 0 Å². The quantitative estimate of drug-likeness (QED) is 0.844. The number of ketones is 1. The normalized spacial score (nSPS) is 18.0. The lowest BCUT2D eigenvalue weighted by atomic mass is 9.98. The highest BCUT2D eigenvalue weighted by molar-refractivity contribution is 6.00. The molecule has 3 rings (SSSR count). The number of hydrogen-bond donors (Lipinski definition) is 0. The molecule has 104 valence electrons. The lowest BCUT2D eigenvalue weighted by Gasteiger charge is -2.24. The topological polar surface area (TPSA) is 44.1 Å². The molecule has 0 amide bonds. The summed E-state index contributed by atoms with van der Waals surface area (Å²) in [7, 11) is 0. The van der Waals surface area contributed by atoms with E-state index in [2.05, 4.69) is 5.10 Å². The maximum absolute atomic E-state index is 13.2. The van der Waals surface area contributed by atoms with E-state index in [4.69, 9.17) is 4.74 Å². The van der Waals surface area contributed by atoms with Gasteiger partial charge in [-0.15, -0.1) is 0 Å². The Morgan fingerprint density at radius 2 is 2.25 bits per heavy atom. The summed E-state index contributed by atoms with van der Waals surface area (Å²) in [4.78, 5) is 12.1. The van der Waals surface area contributed by atoms with Crippen molar-refractivity contribution in [3.05, 3.63) is 47.5 Å². The first kappa shape index (κ1) is 12.8. The van der Waals surface area contributed by atoms with Crippen molar-refractivity contribution in [3.8, 4) is 5.75 Å². The summed E-state index contributed by atoms with van der Waals surface area (Å²) in [6, 6.07) is 4.28. The van der Waals surface area contributed by atoms with Gasteiger partial charge in [0, 0.05) is 17.8 Å². The van der Waals surface area contributed by atoms with Crippen LogP contribution >= 0.6 is 0 Å². The molecule has 0 spiro atoms. The fraction of sp³-hybridized carbons (Fsp3) is 0.333. The first-order valence-corrected chi connectivity index (χ1v) is 6.58. The average Bonchev–Trinajstić information content (AvgIpc) is 2.89. The molecule has 0 saturated heterocycles. The number of hydrogen-bond acceptors (Lipinski definition) is 3. The summed E-state index contributed by atoms with van der Waals surface area (Å²) < 4.78 is 20.8. The van der Waals surface area contributed by atoms with Crippen molar-refractivity contribution >= 4 is 5.78 Å². The van der Waals surface area contributed by atoms with E-state index in [0.29, 0.717) is 11.3 Å². The third-order valence-electron chi connectivity index (χ3n) is 3.40. The number of rotatable bonds is 2. The maximum atomic E-state index is 13.2. The summed E-state index contributed by atoms with van der Waals surface area (Å²) in [6.45, 7) is 4.06. The highest BCUT2D eigenvalue weighted by atomic mass is 19.1. The van der Waals surface area contributed by atoms with Gasteiger partial charge in [0.15, 0.2) is 5.78 Å². The van der Waals surface area contributed by atoms with Gasteiger partial charge in [-0.25, -0.2) is 4.39 Å². The van der Waals surface area contributed by atoms with Gasteiger partial charge < -0.3 is 4.74 Å². The predicted molar refractivity (Wildman–Crippen MR) is 71.3 cm³/mol. The van der Waals surface area contributed by atoms with Crippen molar-refractivity contribution < 1.29 is 13.9 Å². The van der Waals surface area contributed by atoms with E-state index >= 15 is 0 Å². The number of carbonyl (C=O) groups is 1. The van der Waals surface area contributed by atoms with Crippen LogP contribution in [0.15, 0.2) is 30.6 Å². The SMILES string of the molecule is CC(C)n1cc(C2CC(=O)c3cc(F)ccc3O2)cn1. The van der Waals surface area contributed by atoms with Gasteiger partial charge in [0.05, 0.1) is 18.2 Å². The number of fused-ring (bicyclic) bond motifs is 1. The van der Waals surface area contributed by atoms with Crippen LogP contribution in [0.4, 0.5) is 4.39 Å². The molecule has 4 nitrogen and oxygen atoms in total. The molecule has 1 atom stereocenters. The Bertz CT molecular complexity index is 664. The zero-order valence-corrected chi connectivity index (χ0v) is 11.3. The van der Waals surface area contributed by atoms with E-state index in [0.717, 1.165) is 5.56 Å². The zero-order valence-electron chi connectivity index (χ0n) is 11.3. The molecule has 0 aliphatic carbocycles. The molecule has 1 aromatic carbocycles. The lowest BCUT2D eigenvalue weighted by molar-refractivity contribution is 0.0849. The minimum Gasteiger partial charge on any atom is -0.484 e. The van der Waals surface area contributed by atoms with Gasteiger partial charge in [-0.2, -0.15) is 5.10 Å². The van der Waals surface area contributed by atoms with Crippen LogP contribution in [-0.2, 0) is 0 Å². The van der Waals surface area contributed by atoms with Crippen LogP contribution in [0.5, 0.6) is 5.75 Å². The molecule has 0 radical (unpaired) electrons. The number of nitrogens with zero attached hydrogens (tertiary/aromatic N) is 2. The molecule has 2 heterocycles. The van der Waals surface area contributed by atoms with Crippen molar-refractivity contribution in [1.82, 2.24) is 9.78 Å². The van der Waals surface area contributed by atoms with Gasteiger partial charge in [-0.05, 0) is 32.0 Å². The van der Waals surface area contributed by atoms with E-state index in [1.165, 1.54) is 18.2 Å². The third kappa shape index (κ3) is 2.19. The van der Waals surface area contributed by atoms with E-state index in [1.807, 2.05) is 24.7 Å². The molecule has 5 heteroatoms. The summed E-state index contributed by atoms with van der Waals surface area (Å²) in [5, 5.41) is 4.25. The monoisotopic (exact) mass is 274 g/mol. The van der Waals surface area contributed by atoms with Crippen molar-refractivity contribution in [3.63, 3.8) is 0 Å². The maximum Gasteiger partial charge on any atom is 0.170 e. The van der Waals surface area contributed by atoms with Gasteiger partial charge in [0.2, 0.25) is 0 Å².